The molecular weight excluding hydrogens is 248 g/mol. The normalized spacial score (nSPS) is 27.3. The van der Waals surface area contributed by atoms with E-state index in [1.165, 1.54) is 0 Å². The van der Waals surface area contributed by atoms with Gasteiger partial charge in [-0.05, 0) is 12.8 Å². The second-order valence-electron chi connectivity index (χ2n) is 4.83. The number of carbonyl (C=O) groups is 1. The van der Waals surface area contributed by atoms with Gasteiger partial charge in [0.15, 0.2) is 0 Å². The molecule has 1 aliphatic rings. The predicted molar refractivity (Wildman–Crippen MR) is 63.3 cm³/mol. The van der Waals surface area contributed by atoms with E-state index in [2.05, 4.69) is 30.8 Å². The molecule has 0 saturated heterocycles. The molecule has 100 valence electrons. The summed E-state index contributed by atoms with van der Waals surface area (Å²) in [4.78, 5) is 11.9. The van der Waals surface area contributed by atoms with Crippen LogP contribution in [0.5, 0.6) is 0 Å². The minimum atomic E-state index is -1.07. The Balaban J connectivity index is 2.12. The maximum absolute atomic E-state index is 11.9. The Bertz CT molecular complexity index is 552. The summed E-state index contributed by atoms with van der Waals surface area (Å²) in [5.74, 6) is -1.11. The number of aliphatic carboxylic acids is 1. The molecule has 8 heteroatoms. The third-order valence-electron chi connectivity index (χ3n) is 3.96. The highest BCUT2D eigenvalue weighted by Gasteiger charge is 2.52. The molecule has 3 N–H and O–H groups in total. The zero-order chi connectivity index (χ0) is 13.3. The van der Waals surface area contributed by atoms with E-state index in [1.54, 1.807) is 12.4 Å². The van der Waals surface area contributed by atoms with E-state index in [1.807, 2.05) is 0 Å². The molecule has 2 heterocycles. The molecular formula is C11H14N6O2. The van der Waals surface area contributed by atoms with E-state index in [-0.39, 0.29) is 5.92 Å². The lowest BCUT2D eigenvalue weighted by Crippen LogP contribution is -2.44. The van der Waals surface area contributed by atoms with Gasteiger partial charge in [-0.2, -0.15) is 0 Å². The number of hydrogen-bond acceptors (Lipinski definition) is 5. The topological polar surface area (TPSA) is 120 Å². The molecule has 19 heavy (non-hydrogen) atoms. The van der Waals surface area contributed by atoms with Gasteiger partial charge in [0, 0.05) is 18.3 Å². The highest BCUT2D eigenvalue weighted by molar-refractivity contribution is 5.82. The van der Waals surface area contributed by atoms with Gasteiger partial charge >= 0.3 is 5.97 Å². The van der Waals surface area contributed by atoms with Crippen LogP contribution >= 0.6 is 0 Å². The van der Waals surface area contributed by atoms with Crippen LogP contribution in [-0.4, -0.2) is 41.9 Å². The Labute approximate surface area is 108 Å². The lowest BCUT2D eigenvalue weighted by atomic mass is 9.63. The SMILES string of the molecule is O=C(O)C1(c2c[nH]nn2)CCCCC1c1c[nH]nn1. The molecule has 1 aliphatic carbocycles. The summed E-state index contributed by atoms with van der Waals surface area (Å²) in [6, 6.07) is 0. The standard InChI is InChI=1S/C11H14N6O2/c18-10(19)11(9-6-13-17-15-9)4-2-1-3-7(11)8-5-12-16-14-8/h5-7H,1-4H2,(H,18,19)(H,12,14,16)(H,13,15,17). The summed E-state index contributed by atoms with van der Waals surface area (Å²) in [6.45, 7) is 0. The molecule has 2 aromatic rings. The first-order valence-electron chi connectivity index (χ1n) is 6.22. The monoisotopic (exact) mass is 262 g/mol. The van der Waals surface area contributed by atoms with E-state index in [0.717, 1.165) is 19.3 Å². The van der Waals surface area contributed by atoms with Crippen LogP contribution in [-0.2, 0) is 10.2 Å². The zero-order valence-electron chi connectivity index (χ0n) is 10.2. The van der Waals surface area contributed by atoms with Crippen molar-refractivity contribution in [2.45, 2.75) is 37.0 Å². The van der Waals surface area contributed by atoms with Crippen LogP contribution in [0.1, 0.15) is 43.0 Å². The number of nitrogens with one attached hydrogen (secondary N) is 2. The van der Waals surface area contributed by atoms with Gasteiger partial charge in [0.05, 0.1) is 5.69 Å². The third kappa shape index (κ3) is 1.71. The van der Waals surface area contributed by atoms with Gasteiger partial charge in [0.2, 0.25) is 0 Å². The van der Waals surface area contributed by atoms with Crippen LogP contribution in [0.25, 0.3) is 0 Å². The lowest BCUT2D eigenvalue weighted by Gasteiger charge is -2.38. The van der Waals surface area contributed by atoms with Crippen molar-refractivity contribution in [2.24, 2.45) is 0 Å². The fourth-order valence-electron chi connectivity index (χ4n) is 3.05. The molecule has 2 aromatic heterocycles. The predicted octanol–water partition coefficient (Wildman–Crippen LogP) is 0.603. The Morgan fingerprint density at radius 1 is 1.26 bits per heavy atom. The van der Waals surface area contributed by atoms with Crippen molar-refractivity contribution in [2.75, 3.05) is 0 Å². The molecule has 1 saturated carbocycles. The number of aromatic amines is 2. The molecule has 0 radical (unpaired) electrons. The van der Waals surface area contributed by atoms with Crippen molar-refractivity contribution in [3.8, 4) is 0 Å². The fourth-order valence-corrected chi connectivity index (χ4v) is 3.05. The Morgan fingerprint density at radius 3 is 2.68 bits per heavy atom. The first-order valence-corrected chi connectivity index (χ1v) is 6.22. The molecule has 8 nitrogen and oxygen atoms in total. The van der Waals surface area contributed by atoms with Crippen molar-refractivity contribution in [1.29, 1.82) is 0 Å². The van der Waals surface area contributed by atoms with Gasteiger partial charge in [-0.15, -0.1) is 10.2 Å². The van der Waals surface area contributed by atoms with Gasteiger partial charge < -0.3 is 5.11 Å². The van der Waals surface area contributed by atoms with Crippen molar-refractivity contribution in [3.05, 3.63) is 23.8 Å². The molecule has 3 rings (SSSR count). The quantitative estimate of drug-likeness (QED) is 0.745. The van der Waals surface area contributed by atoms with Gasteiger partial charge in [-0.25, -0.2) is 0 Å². The second kappa shape index (κ2) is 4.45. The second-order valence-corrected chi connectivity index (χ2v) is 4.83. The smallest absolute Gasteiger partial charge is 0.316 e. The van der Waals surface area contributed by atoms with Crippen LogP contribution in [0.15, 0.2) is 12.4 Å². The number of carboxylic acids is 1. The van der Waals surface area contributed by atoms with Gasteiger partial charge in [-0.3, -0.25) is 15.0 Å². The fraction of sp³-hybridized carbons (Fsp3) is 0.545. The molecule has 0 aromatic carbocycles. The van der Waals surface area contributed by atoms with Gasteiger partial charge in [0.25, 0.3) is 0 Å². The number of H-pyrrole nitrogens is 2. The summed E-state index contributed by atoms with van der Waals surface area (Å²) in [6.07, 6.45) is 6.34. The minimum Gasteiger partial charge on any atom is -0.481 e. The molecule has 0 amide bonds. The lowest BCUT2D eigenvalue weighted by molar-refractivity contribution is -0.146. The summed E-state index contributed by atoms with van der Waals surface area (Å²) in [7, 11) is 0. The van der Waals surface area contributed by atoms with Gasteiger partial charge in [0.1, 0.15) is 11.1 Å². The molecule has 2 atom stereocenters. The number of carboxylic acid groups (broad SMARTS) is 1. The van der Waals surface area contributed by atoms with Gasteiger partial charge in [-0.1, -0.05) is 23.3 Å². The summed E-state index contributed by atoms with van der Waals surface area (Å²) in [5, 5.41) is 30.3. The average Bonchev–Trinajstić information content (AvgIpc) is 3.11. The molecule has 0 spiro atoms. The Kier molecular flexibility index (Phi) is 2.77. The maximum atomic E-state index is 11.9. The highest BCUT2D eigenvalue weighted by Crippen LogP contribution is 2.48. The van der Waals surface area contributed by atoms with E-state index in [9.17, 15) is 9.90 Å². The van der Waals surface area contributed by atoms with Crippen molar-refractivity contribution < 1.29 is 9.90 Å². The first kappa shape index (κ1) is 11.8. The molecule has 2 unspecified atom stereocenters. The number of hydrogen-bond donors (Lipinski definition) is 3. The van der Waals surface area contributed by atoms with E-state index >= 15 is 0 Å². The van der Waals surface area contributed by atoms with Crippen molar-refractivity contribution in [3.63, 3.8) is 0 Å². The average molecular weight is 262 g/mol. The van der Waals surface area contributed by atoms with Crippen molar-refractivity contribution in [1.82, 2.24) is 30.8 Å². The zero-order valence-corrected chi connectivity index (χ0v) is 10.2. The number of nitrogens with zero attached hydrogens (tertiary/aromatic N) is 4. The summed E-state index contributed by atoms with van der Waals surface area (Å²) < 4.78 is 0. The summed E-state index contributed by atoms with van der Waals surface area (Å²) in [5.41, 5.74) is 0.0695. The third-order valence-corrected chi connectivity index (χ3v) is 3.96. The maximum Gasteiger partial charge on any atom is 0.316 e. The van der Waals surface area contributed by atoms with E-state index in [0.29, 0.717) is 17.8 Å². The minimum absolute atomic E-state index is 0.234. The Hall–Kier alpha value is -2.25. The Morgan fingerprint density at radius 2 is 2.05 bits per heavy atom. The molecule has 1 fully saturated rings. The number of rotatable bonds is 3. The molecule has 0 aliphatic heterocycles. The number of aromatic nitrogens is 6. The van der Waals surface area contributed by atoms with E-state index < -0.39 is 11.4 Å². The van der Waals surface area contributed by atoms with Crippen LogP contribution in [0.2, 0.25) is 0 Å². The van der Waals surface area contributed by atoms with Crippen molar-refractivity contribution >= 4 is 5.97 Å². The summed E-state index contributed by atoms with van der Waals surface area (Å²) >= 11 is 0. The van der Waals surface area contributed by atoms with Crippen LogP contribution in [0, 0.1) is 0 Å². The van der Waals surface area contributed by atoms with Crippen LogP contribution in [0.3, 0.4) is 0 Å². The van der Waals surface area contributed by atoms with E-state index in [4.69, 9.17) is 0 Å². The van der Waals surface area contributed by atoms with Crippen LogP contribution < -0.4 is 0 Å². The first-order chi connectivity index (χ1) is 9.25. The highest BCUT2D eigenvalue weighted by atomic mass is 16.4. The van der Waals surface area contributed by atoms with Crippen LogP contribution in [0.4, 0.5) is 0 Å². The largest absolute Gasteiger partial charge is 0.481 e. The molecule has 0 bridgehead atoms.